The van der Waals surface area contributed by atoms with Crippen LogP contribution in [0.25, 0.3) is 0 Å². The minimum absolute atomic E-state index is 0.225. The molecule has 23 heavy (non-hydrogen) atoms. The van der Waals surface area contributed by atoms with Gasteiger partial charge in [-0.25, -0.2) is 0 Å². The van der Waals surface area contributed by atoms with E-state index < -0.39 is 11.8 Å². The normalized spacial score (nSPS) is 10.0. The largest absolute Gasteiger partial charge is 0.496 e. The van der Waals surface area contributed by atoms with E-state index in [2.05, 4.69) is 10.6 Å². The maximum Gasteiger partial charge on any atom is 0.313 e. The van der Waals surface area contributed by atoms with E-state index in [1.54, 1.807) is 13.2 Å². The van der Waals surface area contributed by atoms with Gasteiger partial charge in [-0.15, -0.1) is 0 Å². The Kier molecular flexibility index (Phi) is 5.36. The summed E-state index contributed by atoms with van der Waals surface area (Å²) in [6, 6.07) is 13.0. The van der Waals surface area contributed by atoms with Gasteiger partial charge in [0.05, 0.1) is 7.11 Å². The molecule has 0 aromatic heterocycles. The summed E-state index contributed by atoms with van der Waals surface area (Å²) < 4.78 is 5.21. The van der Waals surface area contributed by atoms with E-state index in [9.17, 15) is 9.59 Å². The Morgan fingerprint density at radius 2 is 1.78 bits per heavy atom. The highest BCUT2D eigenvalue weighted by atomic mass is 16.5. The molecule has 2 N–H and O–H groups in total. The number of hydrogen-bond donors (Lipinski definition) is 2. The number of para-hydroxylation sites is 1. The molecule has 0 aliphatic carbocycles. The summed E-state index contributed by atoms with van der Waals surface area (Å²) in [5, 5.41) is 5.23. The van der Waals surface area contributed by atoms with Gasteiger partial charge in [0.1, 0.15) is 5.75 Å². The van der Waals surface area contributed by atoms with Crippen LogP contribution in [0.1, 0.15) is 16.7 Å². The summed E-state index contributed by atoms with van der Waals surface area (Å²) in [6.45, 7) is 4.03. The number of carbonyl (C=O) groups excluding carboxylic acids is 2. The number of carbonyl (C=O) groups is 2. The highest BCUT2D eigenvalue weighted by Crippen LogP contribution is 2.17. The van der Waals surface area contributed by atoms with E-state index in [1.165, 1.54) is 0 Å². The van der Waals surface area contributed by atoms with Crippen molar-refractivity contribution in [1.82, 2.24) is 5.32 Å². The molecular formula is C18H20N2O3. The van der Waals surface area contributed by atoms with Gasteiger partial charge in [0.25, 0.3) is 0 Å². The molecular weight excluding hydrogens is 292 g/mol. The zero-order valence-electron chi connectivity index (χ0n) is 13.5. The molecule has 2 rings (SSSR count). The van der Waals surface area contributed by atoms with Crippen LogP contribution in [0.2, 0.25) is 0 Å². The molecule has 0 radical (unpaired) electrons. The maximum atomic E-state index is 12.0. The third-order valence-electron chi connectivity index (χ3n) is 3.48. The molecule has 2 aromatic rings. The number of nitrogens with one attached hydrogen (secondary N) is 2. The van der Waals surface area contributed by atoms with Crippen LogP contribution < -0.4 is 15.4 Å². The van der Waals surface area contributed by atoms with Crippen LogP contribution in [-0.2, 0) is 16.1 Å². The number of aryl methyl sites for hydroxylation is 2. The van der Waals surface area contributed by atoms with Crippen molar-refractivity contribution in [3.8, 4) is 5.75 Å². The van der Waals surface area contributed by atoms with Gasteiger partial charge in [-0.3, -0.25) is 9.59 Å². The molecule has 120 valence electrons. The van der Waals surface area contributed by atoms with Crippen molar-refractivity contribution < 1.29 is 14.3 Å². The van der Waals surface area contributed by atoms with E-state index in [0.717, 1.165) is 16.7 Å². The van der Waals surface area contributed by atoms with Gasteiger partial charge in [0.2, 0.25) is 0 Å². The fourth-order valence-corrected chi connectivity index (χ4v) is 2.15. The Morgan fingerprint density at radius 1 is 1.04 bits per heavy atom. The molecule has 0 saturated carbocycles. The zero-order valence-corrected chi connectivity index (χ0v) is 13.5. The topological polar surface area (TPSA) is 67.4 Å². The number of ether oxygens (including phenoxy) is 1. The summed E-state index contributed by atoms with van der Waals surface area (Å²) in [4.78, 5) is 23.9. The third-order valence-corrected chi connectivity index (χ3v) is 3.48. The average molecular weight is 312 g/mol. The molecule has 5 heteroatoms. The summed E-state index contributed by atoms with van der Waals surface area (Å²) in [7, 11) is 1.56. The van der Waals surface area contributed by atoms with E-state index in [-0.39, 0.29) is 6.54 Å². The Bertz CT molecular complexity index is 726. The predicted molar refractivity (Wildman–Crippen MR) is 89.4 cm³/mol. The Morgan fingerprint density at radius 3 is 2.52 bits per heavy atom. The summed E-state index contributed by atoms with van der Waals surface area (Å²) in [5.74, 6) is -0.701. The van der Waals surface area contributed by atoms with Gasteiger partial charge >= 0.3 is 11.8 Å². The maximum absolute atomic E-state index is 12.0. The van der Waals surface area contributed by atoms with Crippen LogP contribution in [0.4, 0.5) is 5.69 Å². The lowest BCUT2D eigenvalue weighted by atomic mass is 10.1. The molecule has 0 saturated heterocycles. The molecule has 0 spiro atoms. The van der Waals surface area contributed by atoms with Crippen LogP contribution in [0.15, 0.2) is 42.5 Å². The first-order valence-corrected chi connectivity index (χ1v) is 7.29. The lowest BCUT2D eigenvalue weighted by Gasteiger charge is -2.11. The monoisotopic (exact) mass is 312 g/mol. The smallest absolute Gasteiger partial charge is 0.313 e. The van der Waals surface area contributed by atoms with Crippen molar-refractivity contribution in [3.05, 3.63) is 59.2 Å². The van der Waals surface area contributed by atoms with E-state index in [1.807, 2.05) is 50.2 Å². The van der Waals surface area contributed by atoms with Crippen LogP contribution in [-0.4, -0.2) is 18.9 Å². The second-order valence-electron chi connectivity index (χ2n) is 5.27. The van der Waals surface area contributed by atoms with Gasteiger partial charge in [-0.2, -0.15) is 0 Å². The summed E-state index contributed by atoms with van der Waals surface area (Å²) in [5.41, 5.74) is 3.37. The second-order valence-corrected chi connectivity index (χ2v) is 5.27. The number of amides is 2. The highest BCUT2D eigenvalue weighted by molar-refractivity contribution is 6.39. The molecule has 2 aromatic carbocycles. The summed E-state index contributed by atoms with van der Waals surface area (Å²) >= 11 is 0. The van der Waals surface area contributed by atoms with Crippen molar-refractivity contribution in [2.75, 3.05) is 12.4 Å². The van der Waals surface area contributed by atoms with Gasteiger partial charge < -0.3 is 15.4 Å². The molecule has 0 unspecified atom stereocenters. The number of anilines is 1. The van der Waals surface area contributed by atoms with Crippen molar-refractivity contribution >= 4 is 17.5 Å². The first-order chi connectivity index (χ1) is 11.0. The first kappa shape index (κ1) is 16.5. The molecule has 5 nitrogen and oxygen atoms in total. The first-order valence-electron chi connectivity index (χ1n) is 7.29. The third kappa shape index (κ3) is 4.32. The number of methoxy groups -OCH3 is 1. The molecule has 0 aliphatic heterocycles. The molecule has 2 amide bonds. The Hall–Kier alpha value is -2.82. The Balaban J connectivity index is 1.98. The highest BCUT2D eigenvalue weighted by Gasteiger charge is 2.15. The SMILES string of the molecule is COc1ccccc1CNC(=O)C(=O)Nc1cc(C)ccc1C. The van der Waals surface area contributed by atoms with E-state index >= 15 is 0 Å². The van der Waals surface area contributed by atoms with E-state index in [4.69, 9.17) is 4.74 Å². The second kappa shape index (κ2) is 7.45. The van der Waals surface area contributed by atoms with E-state index in [0.29, 0.717) is 11.4 Å². The lowest BCUT2D eigenvalue weighted by molar-refractivity contribution is -0.136. The Labute approximate surface area is 135 Å². The van der Waals surface area contributed by atoms with Gasteiger partial charge in [-0.1, -0.05) is 30.3 Å². The number of rotatable bonds is 4. The molecule has 0 aliphatic rings. The minimum atomic E-state index is -0.686. The van der Waals surface area contributed by atoms with Gasteiger partial charge in [0, 0.05) is 17.8 Å². The van der Waals surface area contributed by atoms with Crippen LogP contribution in [0, 0.1) is 13.8 Å². The fraction of sp³-hybridized carbons (Fsp3) is 0.222. The average Bonchev–Trinajstić information content (AvgIpc) is 2.56. The molecule has 0 fully saturated rings. The molecule has 0 heterocycles. The fourth-order valence-electron chi connectivity index (χ4n) is 2.15. The van der Waals surface area contributed by atoms with Crippen LogP contribution in [0.5, 0.6) is 5.75 Å². The van der Waals surface area contributed by atoms with Crippen molar-refractivity contribution in [1.29, 1.82) is 0 Å². The lowest BCUT2D eigenvalue weighted by Crippen LogP contribution is -2.35. The van der Waals surface area contributed by atoms with Crippen LogP contribution >= 0.6 is 0 Å². The minimum Gasteiger partial charge on any atom is -0.496 e. The van der Waals surface area contributed by atoms with Gasteiger partial charge in [-0.05, 0) is 37.1 Å². The quantitative estimate of drug-likeness (QED) is 0.853. The standard InChI is InChI=1S/C18H20N2O3/c1-12-8-9-13(2)15(10-12)20-18(22)17(21)19-11-14-6-4-5-7-16(14)23-3/h4-10H,11H2,1-3H3,(H,19,21)(H,20,22). The number of benzene rings is 2. The molecule has 0 bridgehead atoms. The van der Waals surface area contributed by atoms with Crippen molar-refractivity contribution in [2.45, 2.75) is 20.4 Å². The van der Waals surface area contributed by atoms with Gasteiger partial charge in [0.15, 0.2) is 0 Å². The zero-order chi connectivity index (χ0) is 16.8. The number of hydrogen-bond acceptors (Lipinski definition) is 3. The molecule has 0 atom stereocenters. The summed E-state index contributed by atoms with van der Waals surface area (Å²) in [6.07, 6.45) is 0. The van der Waals surface area contributed by atoms with Crippen molar-refractivity contribution in [2.24, 2.45) is 0 Å². The predicted octanol–water partition coefficient (Wildman–Crippen LogP) is 2.57. The van der Waals surface area contributed by atoms with Crippen LogP contribution in [0.3, 0.4) is 0 Å². The van der Waals surface area contributed by atoms with Crippen molar-refractivity contribution in [3.63, 3.8) is 0 Å².